The molecule has 2 aliphatic rings. The van der Waals surface area contributed by atoms with E-state index < -0.39 is 0 Å². The van der Waals surface area contributed by atoms with E-state index in [-0.39, 0.29) is 12.3 Å². The molecule has 0 radical (unpaired) electrons. The Bertz CT molecular complexity index is 1160. The molecular weight excluding hydrogens is 524 g/mol. The maximum absolute atomic E-state index is 6.43. The van der Waals surface area contributed by atoms with Crippen LogP contribution in [-0.2, 0) is 0 Å². The second kappa shape index (κ2) is 8.20. The summed E-state index contributed by atoms with van der Waals surface area (Å²) in [5.41, 5.74) is 4.18. The van der Waals surface area contributed by atoms with Crippen LogP contribution in [0.2, 0.25) is 0 Å². The average molecular weight is 544 g/mol. The molecule has 3 aromatic rings. The maximum atomic E-state index is 6.43. The number of methoxy groups -OCH3 is 2. The van der Waals surface area contributed by atoms with Gasteiger partial charge in [0.25, 0.3) is 0 Å². The van der Waals surface area contributed by atoms with Crippen LogP contribution in [0, 0.1) is 0 Å². The summed E-state index contributed by atoms with van der Waals surface area (Å²) < 4.78 is 19.4. The third-order valence-electron chi connectivity index (χ3n) is 5.62. The van der Waals surface area contributed by atoms with Gasteiger partial charge < -0.3 is 14.2 Å². The van der Waals surface area contributed by atoms with Gasteiger partial charge in [-0.3, -0.25) is 0 Å². The summed E-state index contributed by atoms with van der Waals surface area (Å²) in [7, 11) is 3.28. The van der Waals surface area contributed by atoms with E-state index in [2.05, 4.69) is 55.1 Å². The van der Waals surface area contributed by atoms with Crippen molar-refractivity contribution in [2.45, 2.75) is 18.7 Å². The molecule has 5 rings (SSSR count). The SMILES string of the molecule is COc1ccc(C2=NN3[C@H](C2)c2cc(Br)ccc2O[C@H]3c2ccc(Br)cc2)cc1OC. The first kappa shape index (κ1) is 20.4. The van der Waals surface area contributed by atoms with Crippen molar-refractivity contribution in [1.82, 2.24) is 5.01 Å². The molecule has 5 nitrogen and oxygen atoms in total. The highest BCUT2D eigenvalue weighted by atomic mass is 79.9. The van der Waals surface area contributed by atoms with Crippen molar-refractivity contribution in [2.24, 2.45) is 5.10 Å². The van der Waals surface area contributed by atoms with Crippen molar-refractivity contribution in [1.29, 1.82) is 0 Å². The van der Waals surface area contributed by atoms with Crippen molar-refractivity contribution >= 4 is 37.6 Å². The summed E-state index contributed by atoms with van der Waals surface area (Å²) in [5, 5.41) is 7.10. The monoisotopic (exact) mass is 542 g/mol. The zero-order valence-electron chi connectivity index (χ0n) is 17.0. The zero-order chi connectivity index (χ0) is 21.5. The molecule has 0 bridgehead atoms. The van der Waals surface area contributed by atoms with E-state index >= 15 is 0 Å². The molecule has 0 aliphatic carbocycles. The van der Waals surface area contributed by atoms with E-state index in [1.54, 1.807) is 14.2 Å². The predicted octanol–water partition coefficient (Wildman–Crippen LogP) is 6.47. The highest BCUT2D eigenvalue weighted by Gasteiger charge is 2.41. The van der Waals surface area contributed by atoms with Gasteiger partial charge in [-0.25, -0.2) is 5.01 Å². The van der Waals surface area contributed by atoms with Gasteiger partial charge in [0.2, 0.25) is 6.23 Å². The molecule has 0 fully saturated rings. The molecule has 0 N–H and O–H groups in total. The van der Waals surface area contributed by atoms with Gasteiger partial charge in [0.05, 0.1) is 26.0 Å². The standard InChI is InChI=1S/C24H20Br2N2O3/c1-29-22-9-5-15(11-23(22)30-2)19-13-20-18-12-17(26)8-10-21(18)31-24(28(20)27-19)14-3-6-16(25)7-4-14/h3-12,20,24H,13H2,1-2H3/t20-,24+/m1/s1. The van der Waals surface area contributed by atoms with E-state index in [0.717, 1.165) is 43.5 Å². The minimum absolute atomic E-state index is 0.0815. The molecule has 2 heterocycles. The van der Waals surface area contributed by atoms with E-state index in [4.69, 9.17) is 19.3 Å². The normalized spacial score (nSPS) is 19.2. The van der Waals surface area contributed by atoms with Gasteiger partial charge in [-0.15, -0.1) is 0 Å². The Morgan fingerprint density at radius 1 is 0.903 bits per heavy atom. The molecule has 0 unspecified atom stereocenters. The number of rotatable bonds is 4. The highest BCUT2D eigenvalue weighted by Crippen LogP contribution is 2.48. The fraction of sp³-hybridized carbons (Fsp3) is 0.208. The lowest BCUT2D eigenvalue weighted by atomic mass is 9.96. The summed E-state index contributed by atoms with van der Waals surface area (Å²) in [6, 6.07) is 20.4. The second-order valence-corrected chi connectivity index (χ2v) is 9.25. The van der Waals surface area contributed by atoms with Crippen LogP contribution in [0.15, 0.2) is 74.7 Å². The summed E-state index contributed by atoms with van der Waals surface area (Å²) >= 11 is 7.12. The van der Waals surface area contributed by atoms with E-state index in [9.17, 15) is 0 Å². The number of nitrogens with zero attached hydrogens (tertiary/aromatic N) is 2. The number of hydrogen-bond donors (Lipinski definition) is 0. The first-order valence-electron chi connectivity index (χ1n) is 9.87. The largest absolute Gasteiger partial charge is 0.493 e. The Hall–Kier alpha value is -2.51. The minimum atomic E-state index is -0.301. The van der Waals surface area contributed by atoms with Crippen LogP contribution in [-0.4, -0.2) is 24.9 Å². The van der Waals surface area contributed by atoms with Crippen molar-refractivity contribution in [3.8, 4) is 17.2 Å². The molecule has 7 heteroatoms. The first-order chi connectivity index (χ1) is 15.1. The summed E-state index contributed by atoms with van der Waals surface area (Å²) in [6.07, 6.45) is 0.472. The number of fused-ring (bicyclic) bond motifs is 3. The van der Waals surface area contributed by atoms with Crippen LogP contribution in [0.1, 0.15) is 35.4 Å². The molecule has 0 saturated carbocycles. The van der Waals surface area contributed by atoms with Gasteiger partial charge in [-0.2, -0.15) is 5.10 Å². The molecule has 2 atom stereocenters. The predicted molar refractivity (Wildman–Crippen MR) is 127 cm³/mol. The average Bonchev–Trinajstić information content (AvgIpc) is 3.24. The number of benzene rings is 3. The smallest absolute Gasteiger partial charge is 0.213 e. The van der Waals surface area contributed by atoms with E-state index in [1.807, 2.05) is 42.5 Å². The van der Waals surface area contributed by atoms with Crippen molar-refractivity contribution < 1.29 is 14.2 Å². The molecule has 0 spiro atoms. The quantitative estimate of drug-likeness (QED) is 0.378. The van der Waals surface area contributed by atoms with Crippen LogP contribution >= 0.6 is 31.9 Å². The van der Waals surface area contributed by atoms with Crippen LogP contribution < -0.4 is 14.2 Å². The molecular formula is C24H20Br2N2O3. The van der Waals surface area contributed by atoms with Crippen molar-refractivity contribution in [3.05, 3.63) is 86.3 Å². The van der Waals surface area contributed by atoms with Gasteiger partial charge >= 0.3 is 0 Å². The topological polar surface area (TPSA) is 43.3 Å². The third kappa shape index (κ3) is 3.70. The number of halogens is 2. The van der Waals surface area contributed by atoms with Gasteiger partial charge in [0.15, 0.2) is 11.5 Å². The van der Waals surface area contributed by atoms with Crippen molar-refractivity contribution in [3.63, 3.8) is 0 Å². The van der Waals surface area contributed by atoms with Crippen LogP contribution in [0.5, 0.6) is 17.2 Å². The molecule has 3 aromatic carbocycles. The third-order valence-corrected chi connectivity index (χ3v) is 6.65. The Morgan fingerprint density at radius 3 is 2.39 bits per heavy atom. The number of hydrogen-bond acceptors (Lipinski definition) is 5. The molecule has 0 amide bonds. The Morgan fingerprint density at radius 2 is 1.65 bits per heavy atom. The first-order valence-corrected chi connectivity index (χ1v) is 11.5. The molecule has 0 saturated heterocycles. The van der Waals surface area contributed by atoms with E-state index in [1.165, 1.54) is 0 Å². The lowest BCUT2D eigenvalue weighted by Gasteiger charge is -2.38. The van der Waals surface area contributed by atoms with Crippen LogP contribution in [0.25, 0.3) is 0 Å². The zero-order valence-corrected chi connectivity index (χ0v) is 20.2. The fourth-order valence-electron chi connectivity index (χ4n) is 4.10. The molecule has 31 heavy (non-hydrogen) atoms. The van der Waals surface area contributed by atoms with Crippen LogP contribution in [0.4, 0.5) is 0 Å². The molecule has 0 aromatic heterocycles. The second-order valence-electron chi connectivity index (χ2n) is 7.42. The van der Waals surface area contributed by atoms with Gasteiger partial charge in [0.1, 0.15) is 5.75 Å². The Kier molecular flexibility index (Phi) is 5.40. The summed E-state index contributed by atoms with van der Waals surface area (Å²) in [4.78, 5) is 0. The summed E-state index contributed by atoms with van der Waals surface area (Å²) in [6.45, 7) is 0. The number of hydrazone groups is 1. The fourth-order valence-corrected chi connectivity index (χ4v) is 4.74. The lowest BCUT2D eigenvalue weighted by Crippen LogP contribution is -2.33. The number of ether oxygens (including phenoxy) is 3. The van der Waals surface area contributed by atoms with E-state index in [0.29, 0.717) is 11.5 Å². The minimum Gasteiger partial charge on any atom is -0.493 e. The van der Waals surface area contributed by atoms with Gasteiger partial charge in [-0.05, 0) is 48.5 Å². The van der Waals surface area contributed by atoms with Gasteiger partial charge in [-0.1, -0.05) is 44.0 Å². The highest BCUT2D eigenvalue weighted by molar-refractivity contribution is 9.10. The van der Waals surface area contributed by atoms with Gasteiger partial charge in [0, 0.05) is 32.1 Å². The Labute approximate surface area is 197 Å². The lowest BCUT2D eigenvalue weighted by molar-refractivity contribution is -0.0190. The Balaban J connectivity index is 1.58. The summed E-state index contributed by atoms with van der Waals surface area (Å²) in [5.74, 6) is 2.28. The maximum Gasteiger partial charge on any atom is 0.213 e. The van der Waals surface area contributed by atoms with Crippen molar-refractivity contribution in [2.75, 3.05) is 14.2 Å². The molecule has 2 aliphatic heterocycles. The van der Waals surface area contributed by atoms with Crippen LogP contribution in [0.3, 0.4) is 0 Å². The molecule has 158 valence electrons.